The maximum Gasteiger partial charge on any atom is 0.414 e. The summed E-state index contributed by atoms with van der Waals surface area (Å²) in [5, 5.41) is 2.86. The van der Waals surface area contributed by atoms with Crippen molar-refractivity contribution in [2.75, 3.05) is 54.9 Å². The highest BCUT2D eigenvalue weighted by Gasteiger charge is 2.34. The van der Waals surface area contributed by atoms with Gasteiger partial charge < -0.3 is 19.7 Å². The van der Waals surface area contributed by atoms with E-state index < -0.39 is 12.2 Å². The fourth-order valence-electron chi connectivity index (χ4n) is 3.68. The van der Waals surface area contributed by atoms with Gasteiger partial charge in [0.1, 0.15) is 11.9 Å². The molecule has 0 spiro atoms. The summed E-state index contributed by atoms with van der Waals surface area (Å²) < 4.78 is 25.3. The Labute approximate surface area is 167 Å². The summed E-state index contributed by atoms with van der Waals surface area (Å²) in [4.78, 5) is 27.7. The quantitative estimate of drug-likeness (QED) is 0.802. The average Bonchev–Trinajstić information content (AvgIpc) is 3.37. The van der Waals surface area contributed by atoms with Crippen LogP contribution in [0.3, 0.4) is 0 Å². The summed E-state index contributed by atoms with van der Waals surface area (Å²) in [5.74, 6) is 0.635. The molecule has 0 radical (unpaired) electrons. The predicted molar refractivity (Wildman–Crippen MR) is 106 cm³/mol. The van der Waals surface area contributed by atoms with Gasteiger partial charge in [0.2, 0.25) is 5.91 Å². The Bertz CT molecular complexity index is 738. The number of amides is 2. The number of anilines is 2. The second kappa shape index (κ2) is 8.57. The first-order chi connectivity index (χ1) is 13.6. The Morgan fingerprint density at radius 2 is 2.14 bits per heavy atom. The van der Waals surface area contributed by atoms with Crippen molar-refractivity contribution in [3.05, 3.63) is 24.0 Å². The van der Waals surface area contributed by atoms with Crippen molar-refractivity contribution in [3.8, 4) is 0 Å². The second-order valence-corrected chi connectivity index (χ2v) is 8.41. The zero-order valence-corrected chi connectivity index (χ0v) is 16.4. The summed E-state index contributed by atoms with van der Waals surface area (Å²) in [7, 11) is 0. The molecule has 1 aromatic rings. The highest BCUT2D eigenvalue weighted by Crippen LogP contribution is 2.29. The molecule has 0 saturated carbocycles. The first-order valence-electron chi connectivity index (χ1n) is 9.61. The highest BCUT2D eigenvalue weighted by atomic mass is 32.2. The number of carbonyl (C=O) groups excluding carboxylic acids is 2. The van der Waals surface area contributed by atoms with Crippen LogP contribution in [-0.2, 0) is 14.3 Å². The van der Waals surface area contributed by atoms with Gasteiger partial charge in [-0.2, -0.15) is 0 Å². The molecular formula is C19H24FN3O4S. The van der Waals surface area contributed by atoms with E-state index in [2.05, 4.69) is 5.32 Å². The third kappa shape index (κ3) is 4.20. The SMILES string of the molecule is O=C(NC[C@H]1CN(c2ccc(N3CCOCC3)c(F)c2)C(=O)O1)C1CCCS1. The minimum absolute atomic E-state index is 0.00194. The van der Waals surface area contributed by atoms with E-state index in [-0.39, 0.29) is 30.1 Å². The number of nitrogens with one attached hydrogen (secondary N) is 1. The van der Waals surface area contributed by atoms with Gasteiger partial charge in [0.05, 0.1) is 42.9 Å². The molecule has 28 heavy (non-hydrogen) atoms. The minimum atomic E-state index is -0.520. The van der Waals surface area contributed by atoms with E-state index in [1.54, 1.807) is 23.9 Å². The van der Waals surface area contributed by atoms with Gasteiger partial charge in [0, 0.05) is 13.1 Å². The van der Waals surface area contributed by atoms with Gasteiger partial charge in [-0.05, 0) is 36.8 Å². The second-order valence-electron chi connectivity index (χ2n) is 7.10. The molecule has 1 unspecified atom stereocenters. The standard InChI is InChI=1S/C19H24FN3O4S/c20-15-10-13(3-4-16(15)22-5-7-26-8-6-22)23-12-14(27-19(23)25)11-21-18(24)17-2-1-9-28-17/h3-4,10,14,17H,1-2,5-9,11-12H2,(H,21,24)/t14-,17?/m0/s1. The molecule has 3 aliphatic rings. The maximum absolute atomic E-state index is 14.6. The normalized spacial score (nSPS) is 25.1. The van der Waals surface area contributed by atoms with Gasteiger partial charge in [-0.3, -0.25) is 9.69 Å². The number of cyclic esters (lactones) is 1. The molecule has 1 aromatic carbocycles. The number of rotatable bonds is 5. The van der Waals surface area contributed by atoms with Gasteiger partial charge >= 0.3 is 6.09 Å². The Hall–Kier alpha value is -2.00. The summed E-state index contributed by atoms with van der Waals surface area (Å²) in [5.41, 5.74) is 0.970. The van der Waals surface area contributed by atoms with E-state index in [0.717, 1.165) is 18.6 Å². The van der Waals surface area contributed by atoms with Gasteiger partial charge in [0.15, 0.2) is 0 Å². The average molecular weight is 409 g/mol. The van der Waals surface area contributed by atoms with E-state index >= 15 is 0 Å². The van der Waals surface area contributed by atoms with Gasteiger partial charge in [-0.15, -0.1) is 11.8 Å². The molecule has 0 bridgehead atoms. The van der Waals surface area contributed by atoms with Gasteiger partial charge in [-0.25, -0.2) is 9.18 Å². The van der Waals surface area contributed by atoms with Crippen LogP contribution >= 0.6 is 11.8 Å². The lowest BCUT2D eigenvalue weighted by Crippen LogP contribution is -2.38. The van der Waals surface area contributed by atoms with Crippen molar-refractivity contribution in [1.82, 2.24) is 5.32 Å². The van der Waals surface area contributed by atoms with Crippen molar-refractivity contribution < 1.29 is 23.5 Å². The number of carbonyl (C=O) groups is 2. The molecule has 2 atom stereocenters. The van der Waals surface area contributed by atoms with Gasteiger partial charge in [-0.1, -0.05) is 0 Å². The van der Waals surface area contributed by atoms with Crippen LogP contribution < -0.4 is 15.1 Å². The lowest BCUT2D eigenvalue weighted by molar-refractivity contribution is -0.120. The molecule has 0 aliphatic carbocycles. The van der Waals surface area contributed by atoms with E-state index in [1.807, 2.05) is 4.90 Å². The number of ether oxygens (including phenoxy) is 2. The molecule has 2 amide bonds. The number of hydrogen-bond donors (Lipinski definition) is 1. The molecule has 4 rings (SSSR count). The molecule has 3 saturated heterocycles. The molecule has 0 aromatic heterocycles. The van der Waals surface area contributed by atoms with Crippen LogP contribution in [0.2, 0.25) is 0 Å². The smallest absolute Gasteiger partial charge is 0.414 e. The van der Waals surface area contributed by atoms with Crippen LogP contribution in [0.15, 0.2) is 18.2 Å². The van der Waals surface area contributed by atoms with E-state index in [9.17, 15) is 14.0 Å². The molecule has 152 valence electrons. The maximum atomic E-state index is 14.6. The first kappa shape index (κ1) is 19.3. The third-order valence-electron chi connectivity index (χ3n) is 5.19. The van der Waals surface area contributed by atoms with E-state index in [1.165, 1.54) is 11.0 Å². The van der Waals surface area contributed by atoms with Crippen LogP contribution in [0.4, 0.5) is 20.6 Å². The molecule has 3 heterocycles. The van der Waals surface area contributed by atoms with Crippen LogP contribution in [0.25, 0.3) is 0 Å². The first-order valence-corrected chi connectivity index (χ1v) is 10.7. The Balaban J connectivity index is 1.35. The molecule has 1 N–H and O–H groups in total. The zero-order valence-electron chi connectivity index (χ0n) is 15.6. The fraction of sp³-hybridized carbons (Fsp3) is 0.579. The van der Waals surface area contributed by atoms with Crippen molar-refractivity contribution in [2.45, 2.75) is 24.2 Å². The van der Waals surface area contributed by atoms with E-state index in [4.69, 9.17) is 9.47 Å². The monoisotopic (exact) mass is 409 g/mol. The molecule has 3 fully saturated rings. The summed E-state index contributed by atoms with van der Waals surface area (Å²) >= 11 is 1.66. The van der Waals surface area contributed by atoms with Crippen LogP contribution in [0.1, 0.15) is 12.8 Å². The predicted octanol–water partition coefficient (Wildman–Crippen LogP) is 2.00. The number of hydrogen-bond acceptors (Lipinski definition) is 6. The molecule has 9 heteroatoms. The van der Waals surface area contributed by atoms with Gasteiger partial charge in [0.25, 0.3) is 0 Å². The Kier molecular flexibility index (Phi) is 5.91. The number of morpholine rings is 1. The lowest BCUT2D eigenvalue weighted by Gasteiger charge is -2.29. The largest absolute Gasteiger partial charge is 0.442 e. The molecule has 7 nitrogen and oxygen atoms in total. The topological polar surface area (TPSA) is 71.1 Å². The minimum Gasteiger partial charge on any atom is -0.442 e. The number of nitrogens with zero attached hydrogens (tertiary/aromatic N) is 2. The fourth-order valence-corrected chi connectivity index (χ4v) is 4.86. The molecule has 3 aliphatic heterocycles. The zero-order chi connectivity index (χ0) is 19.5. The lowest BCUT2D eigenvalue weighted by atomic mass is 10.2. The Morgan fingerprint density at radius 1 is 1.32 bits per heavy atom. The van der Waals surface area contributed by atoms with Crippen molar-refractivity contribution in [2.24, 2.45) is 0 Å². The highest BCUT2D eigenvalue weighted by molar-refractivity contribution is 8.00. The third-order valence-corrected chi connectivity index (χ3v) is 6.57. The van der Waals surface area contributed by atoms with Crippen molar-refractivity contribution in [1.29, 1.82) is 0 Å². The Morgan fingerprint density at radius 3 is 2.86 bits per heavy atom. The van der Waals surface area contributed by atoms with Crippen LogP contribution in [0, 0.1) is 5.82 Å². The number of thioether (sulfide) groups is 1. The summed E-state index contributed by atoms with van der Waals surface area (Å²) in [6.07, 6.45) is 0.987. The van der Waals surface area contributed by atoms with E-state index in [0.29, 0.717) is 37.7 Å². The van der Waals surface area contributed by atoms with Crippen molar-refractivity contribution in [3.63, 3.8) is 0 Å². The summed E-state index contributed by atoms with van der Waals surface area (Å²) in [6, 6.07) is 4.78. The summed E-state index contributed by atoms with van der Waals surface area (Å²) in [6.45, 7) is 2.99. The number of benzene rings is 1. The van der Waals surface area contributed by atoms with Crippen LogP contribution in [-0.4, -0.2) is 68.5 Å². The number of halogens is 1. The molecular weight excluding hydrogens is 385 g/mol. The van der Waals surface area contributed by atoms with Crippen LogP contribution in [0.5, 0.6) is 0 Å². The van der Waals surface area contributed by atoms with Crippen molar-refractivity contribution >= 4 is 35.1 Å².